The van der Waals surface area contributed by atoms with Crippen LogP contribution in [0.5, 0.6) is 0 Å². The summed E-state index contributed by atoms with van der Waals surface area (Å²) in [4.78, 5) is 32.0. The van der Waals surface area contributed by atoms with Crippen molar-refractivity contribution in [2.75, 3.05) is 0 Å². The number of carboxylic acids is 1. The highest BCUT2D eigenvalue weighted by molar-refractivity contribution is 6.31. The lowest BCUT2D eigenvalue weighted by Crippen LogP contribution is -2.29. The molecule has 12 heteroatoms. The zero-order valence-electron chi connectivity index (χ0n) is 16.1. The van der Waals surface area contributed by atoms with E-state index in [1.54, 1.807) is 6.92 Å². The maximum Gasteiger partial charge on any atom is 0.416 e. The van der Waals surface area contributed by atoms with Crippen LogP contribution in [0.2, 0.25) is 5.02 Å². The van der Waals surface area contributed by atoms with E-state index in [0.717, 1.165) is 12.1 Å². The Morgan fingerprint density at radius 1 is 1.23 bits per heavy atom. The van der Waals surface area contributed by atoms with Gasteiger partial charge in [0, 0.05) is 10.6 Å². The van der Waals surface area contributed by atoms with Crippen LogP contribution in [-0.4, -0.2) is 36.7 Å². The first-order chi connectivity index (χ1) is 14.5. The fraction of sp³-hybridized carbons (Fsp3) is 0.211. The number of amides is 1. The molecule has 0 saturated carbocycles. The van der Waals surface area contributed by atoms with Gasteiger partial charge in [0.15, 0.2) is 11.6 Å². The van der Waals surface area contributed by atoms with Crippen molar-refractivity contribution in [1.29, 1.82) is 0 Å². The van der Waals surface area contributed by atoms with Crippen LogP contribution in [0.15, 0.2) is 36.7 Å². The Hall–Kier alpha value is -3.47. The number of hydrogen-bond acceptors (Lipinski definition) is 5. The number of benzene rings is 1. The lowest BCUT2D eigenvalue weighted by atomic mass is 10.1. The minimum atomic E-state index is -4.66. The quantitative estimate of drug-likeness (QED) is 0.607. The molecule has 162 valence electrons. The van der Waals surface area contributed by atoms with Crippen LogP contribution in [0.4, 0.5) is 13.2 Å². The van der Waals surface area contributed by atoms with Crippen molar-refractivity contribution >= 4 is 23.5 Å². The van der Waals surface area contributed by atoms with E-state index in [2.05, 4.69) is 20.4 Å². The van der Waals surface area contributed by atoms with E-state index in [-0.39, 0.29) is 33.5 Å². The van der Waals surface area contributed by atoms with E-state index in [1.165, 1.54) is 30.1 Å². The predicted octanol–water partition coefficient (Wildman–Crippen LogP) is 3.83. The molecule has 0 radical (unpaired) electrons. The lowest BCUT2D eigenvalue weighted by molar-refractivity contribution is -0.137. The maximum atomic E-state index is 13.0. The van der Waals surface area contributed by atoms with Crippen molar-refractivity contribution in [1.82, 2.24) is 25.1 Å². The molecule has 1 amide bonds. The van der Waals surface area contributed by atoms with Gasteiger partial charge in [-0.25, -0.2) is 14.8 Å². The number of aromatic carboxylic acids is 1. The Kier molecular flexibility index (Phi) is 5.98. The monoisotopic (exact) mass is 453 g/mol. The molecule has 1 aromatic carbocycles. The van der Waals surface area contributed by atoms with E-state index in [1.807, 2.05) is 0 Å². The fourth-order valence-electron chi connectivity index (χ4n) is 2.84. The first-order valence-electron chi connectivity index (χ1n) is 8.77. The molecular formula is C19H15ClF3N5O3. The summed E-state index contributed by atoms with van der Waals surface area (Å²) in [5.41, 5.74) is -1.04. The van der Waals surface area contributed by atoms with Crippen LogP contribution < -0.4 is 5.32 Å². The average Bonchev–Trinajstić information content (AvgIpc) is 3.16. The van der Waals surface area contributed by atoms with Gasteiger partial charge < -0.3 is 10.4 Å². The molecule has 0 aliphatic carbocycles. The normalized spacial score (nSPS) is 12.5. The molecule has 2 N–H and O–H groups in total. The minimum absolute atomic E-state index is 0.0215. The largest absolute Gasteiger partial charge is 0.478 e. The molecule has 2 aromatic heterocycles. The summed E-state index contributed by atoms with van der Waals surface area (Å²) in [5.74, 6) is -1.42. The van der Waals surface area contributed by atoms with Crippen molar-refractivity contribution in [2.45, 2.75) is 26.1 Å². The number of rotatable bonds is 5. The number of alkyl halides is 3. The number of carbonyl (C=O) groups is 2. The number of aryl methyl sites for hydroxylation is 1. The topological polar surface area (TPSA) is 110 Å². The SMILES string of the molecule is Cc1nc(-n2ncnc2[C@H](C)NC(=O)c2cc(Cl)cc(C(F)(F)F)c2)ccc1C(=O)O. The number of halogens is 4. The van der Waals surface area contributed by atoms with Crippen molar-refractivity contribution in [3.63, 3.8) is 0 Å². The molecule has 0 saturated heterocycles. The van der Waals surface area contributed by atoms with Gasteiger partial charge in [0.25, 0.3) is 5.91 Å². The maximum absolute atomic E-state index is 13.0. The molecule has 2 heterocycles. The summed E-state index contributed by atoms with van der Waals surface area (Å²) < 4.78 is 40.3. The number of hydrogen-bond donors (Lipinski definition) is 2. The summed E-state index contributed by atoms with van der Waals surface area (Å²) in [5, 5.41) is 15.5. The Morgan fingerprint density at radius 3 is 2.55 bits per heavy atom. The molecule has 0 fully saturated rings. The number of carboxylic acid groups (broad SMARTS) is 1. The van der Waals surface area contributed by atoms with Gasteiger partial charge in [-0.1, -0.05) is 11.6 Å². The number of aromatic nitrogens is 4. The molecule has 8 nitrogen and oxygen atoms in total. The molecule has 3 aromatic rings. The van der Waals surface area contributed by atoms with Gasteiger partial charge in [-0.2, -0.15) is 23.0 Å². The van der Waals surface area contributed by atoms with Crippen LogP contribution in [0.25, 0.3) is 5.82 Å². The second kappa shape index (κ2) is 8.34. The Balaban J connectivity index is 1.86. The van der Waals surface area contributed by atoms with Gasteiger partial charge in [-0.15, -0.1) is 0 Å². The van der Waals surface area contributed by atoms with Gasteiger partial charge in [0.05, 0.1) is 22.9 Å². The first-order valence-corrected chi connectivity index (χ1v) is 9.15. The summed E-state index contributed by atoms with van der Waals surface area (Å²) in [7, 11) is 0. The van der Waals surface area contributed by atoms with Crippen LogP contribution >= 0.6 is 11.6 Å². The Morgan fingerprint density at radius 2 is 1.94 bits per heavy atom. The van der Waals surface area contributed by atoms with Crippen molar-refractivity contribution in [2.24, 2.45) is 0 Å². The van der Waals surface area contributed by atoms with E-state index in [9.17, 15) is 22.8 Å². The third kappa shape index (κ3) is 4.82. The second-order valence-electron chi connectivity index (χ2n) is 6.56. The molecule has 1 atom stereocenters. The van der Waals surface area contributed by atoms with Crippen molar-refractivity contribution in [3.8, 4) is 5.82 Å². The lowest BCUT2D eigenvalue weighted by Gasteiger charge is -2.16. The molecule has 31 heavy (non-hydrogen) atoms. The van der Waals surface area contributed by atoms with E-state index in [4.69, 9.17) is 16.7 Å². The third-order valence-corrected chi connectivity index (χ3v) is 4.53. The van der Waals surface area contributed by atoms with E-state index >= 15 is 0 Å². The van der Waals surface area contributed by atoms with Crippen LogP contribution in [0.3, 0.4) is 0 Å². The van der Waals surface area contributed by atoms with Gasteiger partial charge in [0.2, 0.25) is 0 Å². The van der Waals surface area contributed by atoms with Crippen LogP contribution in [0, 0.1) is 6.92 Å². The van der Waals surface area contributed by atoms with Gasteiger partial charge >= 0.3 is 12.1 Å². The Labute approximate surface area is 178 Å². The molecule has 0 unspecified atom stereocenters. The molecular weight excluding hydrogens is 439 g/mol. The van der Waals surface area contributed by atoms with E-state index < -0.39 is 29.7 Å². The average molecular weight is 454 g/mol. The highest BCUT2D eigenvalue weighted by Crippen LogP contribution is 2.32. The smallest absolute Gasteiger partial charge is 0.416 e. The van der Waals surface area contributed by atoms with E-state index in [0.29, 0.717) is 6.07 Å². The van der Waals surface area contributed by atoms with Gasteiger partial charge in [-0.05, 0) is 44.2 Å². The number of nitrogens with one attached hydrogen (secondary N) is 1. The predicted molar refractivity (Wildman–Crippen MR) is 103 cm³/mol. The summed E-state index contributed by atoms with van der Waals surface area (Å²) in [6, 6.07) is 4.57. The number of pyridine rings is 1. The molecule has 0 bridgehead atoms. The van der Waals surface area contributed by atoms with Crippen molar-refractivity contribution in [3.05, 3.63) is 69.9 Å². The fourth-order valence-corrected chi connectivity index (χ4v) is 3.08. The summed E-state index contributed by atoms with van der Waals surface area (Å²) in [6.45, 7) is 3.08. The van der Waals surface area contributed by atoms with Crippen molar-refractivity contribution < 1.29 is 27.9 Å². The third-order valence-electron chi connectivity index (χ3n) is 4.31. The van der Waals surface area contributed by atoms with Gasteiger partial charge in [-0.3, -0.25) is 4.79 Å². The summed E-state index contributed by atoms with van der Waals surface area (Å²) >= 11 is 5.73. The molecule has 0 aliphatic rings. The number of nitrogens with zero attached hydrogens (tertiary/aromatic N) is 4. The van der Waals surface area contributed by atoms with Crippen LogP contribution in [0.1, 0.15) is 50.8 Å². The first kappa shape index (κ1) is 22.2. The molecule has 0 aliphatic heterocycles. The second-order valence-corrected chi connectivity index (χ2v) is 7.00. The van der Waals surface area contributed by atoms with Crippen LogP contribution in [-0.2, 0) is 6.18 Å². The number of carbonyl (C=O) groups excluding carboxylic acids is 1. The Bertz CT molecular complexity index is 1160. The zero-order valence-corrected chi connectivity index (χ0v) is 16.9. The minimum Gasteiger partial charge on any atom is -0.478 e. The highest BCUT2D eigenvalue weighted by atomic mass is 35.5. The summed E-state index contributed by atoms with van der Waals surface area (Å²) in [6.07, 6.45) is -3.45. The standard InChI is InChI=1S/C19H15ClF3N5O3/c1-9-14(18(30)31)3-4-15(26-9)28-16(24-8-25-28)10(2)27-17(29)11-5-12(19(21,22)23)7-13(20)6-11/h3-8,10H,1-2H3,(H,27,29)(H,30,31)/t10-/m0/s1. The zero-order chi connectivity index (χ0) is 22.9. The highest BCUT2D eigenvalue weighted by Gasteiger charge is 2.32. The van der Waals surface area contributed by atoms with Gasteiger partial charge in [0.1, 0.15) is 6.33 Å². The molecule has 0 spiro atoms. The molecule has 3 rings (SSSR count).